The van der Waals surface area contributed by atoms with Crippen LogP contribution in [-0.2, 0) is 19.0 Å². The van der Waals surface area contributed by atoms with Crippen LogP contribution in [0.25, 0.3) is 0 Å². The zero-order chi connectivity index (χ0) is 21.3. The molecule has 5 atom stereocenters. The molecule has 0 aliphatic carbocycles. The van der Waals surface area contributed by atoms with Crippen LogP contribution in [0, 0.1) is 0 Å². The zero-order valence-corrected chi connectivity index (χ0v) is 17.8. The highest BCUT2D eigenvalue weighted by Gasteiger charge is 2.50. The number of rotatable bonds is 4. The molecule has 0 bridgehead atoms. The summed E-state index contributed by atoms with van der Waals surface area (Å²) < 4.78 is 16.2. The molecular formula is C21H18Cl3NO5. The summed E-state index contributed by atoms with van der Waals surface area (Å²) in [5.41, 5.74) is 1.84. The summed E-state index contributed by atoms with van der Waals surface area (Å²) in [5.74, 6) is -1.47. The van der Waals surface area contributed by atoms with Gasteiger partial charge in [-0.3, -0.25) is 0 Å². The van der Waals surface area contributed by atoms with Gasteiger partial charge in [-0.1, -0.05) is 95.5 Å². The Balaban J connectivity index is 1.62. The lowest BCUT2D eigenvalue weighted by Crippen LogP contribution is -2.48. The Morgan fingerprint density at radius 2 is 1.53 bits per heavy atom. The molecular weight excluding hydrogens is 453 g/mol. The highest BCUT2D eigenvalue weighted by Crippen LogP contribution is 2.42. The van der Waals surface area contributed by atoms with Gasteiger partial charge >= 0.3 is 5.97 Å². The van der Waals surface area contributed by atoms with Gasteiger partial charge in [0.25, 0.3) is 3.79 Å². The van der Waals surface area contributed by atoms with Crippen molar-refractivity contribution in [2.45, 2.75) is 34.3 Å². The highest BCUT2D eigenvalue weighted by molar-refractivity contribution is 6.76. The molecule has 2 heterocycles. The van der Waals surface area contributed by atoms with Crippen LogP contribution in [0.1, 0.15) is 23.3 Å². The first-order valence-corrected chi connectivity index (χ1v) is 10.4. The van der Waals surface area contributed by atoms with Gasteiger partial charge in [0.1, 0.15) is 18.3 Å². The number of carboxylic acids is 1. The molecule has 1 fully saturated rings. The first-order chi connectivity index (χ1) is 14.3. The van der Waals surface area contributed by atoms with Gasteiger partial charge < -0.3 is 19.3 Å². The highest BCUT2D eigenvalue weighted by atomic mass is 35.6. The summed E-state index contributed by atoms with van der Waals surface area (Å²) >= 11 is 17.6. The fourth-order valence-electron chi connectivity index (χ4n) is 3.61. The summed E-state index contributed by atoms with van der Waals surface area (Å²) in [7, 11) is 0. The maximum absolute atomic E-state index is 11.8. The zero-order valence-electron chi connectivity index (χ0n) is 15.5. The fourth-order valence-corrected chi connectivity index (χ4v) is 3.89. The number of hydrogen-bond donors (Lipinski definition) is 1. The molecule has 158 valence electrons. The lowest BCUT2D eigenvalue weighted by atomic mass is 9.95. The van der Waals surface area contributed by atoms with E-state index in [-0.39, 0.29) is 18.6 Å². The molecule has 0 saturated carbocycles. The van der Waals surface area contributed by atoms with Crippen LogP contribution in [0.3, 0.4) is 0 Å². The smallest absolute Gasteiger partial charge is 0.332 e. The molecule has 0 spiro atoms. The summed E-state index contributed by atoms with van der Waals surface area (Å²) in [6.07, 6.45) is -2.58. The SMILES string of the molecule is O=C(O)[C@H]1N=C(C(Cl)(Cl)Cl)O[C@@H]1[C@@H]1CO[C@@H](c2ccccc2)[C@H](c2ccccc2)O1. The molecule has 0 unspecified atom stereocenters. The monoisotopic (exact) mass is 469 g/mol. The number of carboxylic acid groups (broad SMARTS) is 1. The van der Waals surface area contributed by atoms with Gasteiger partial charge in [-0.05, 0) is 11.1 Å². The third kappa shape index (κ3) is 4.43. The largest absolute Gasteiger partial charge is 0.480 e. The average molecular weight is 471 g/mol. The Kier molecular flexibility index (Phi) is 6.23. The van der Waals surface area contributed by atoms with Crippen molar-refractivity contribution in [2.24, 2.45) is 4.99 Å². The molecule has 0 amide bonds. The van der Waals surface area contributed by atoms with Crippen LogP contribution in [0.2, 0.25) is 0 Å². The lowest BCUT2D eigenvalue weighted by molar-refractivity contribution is -0.211. The number of benzene rings is 2. The van der Waals surface area contributed by atoms with E-state index in [0.29, 0.717) is 0 Å². The molecule has 9 heteroatoms. The minimum Gasteiger partial charge on any atom is -0.480 e. The number of ether oxygens (including phenoxy) is 3. The molecule has 0 radical (unpaired) electrons. The molecule has 6 nitrogen and oxygen atoms in total. The molecule has 2 aliphatic heterocycles. The van der Waals surface area contributed by atoms with Crippen LogP contribution >= 0.6 is 34.8 Å². The van der Waals surface area contributed by atoms with Gasteiger partial charge in [-0.25, -0.2) is 9.79 Å². The Morgan fingerprint density at radius 1 is 0.967 bits per heavy atom. The molecule has 2 aromatic carbocycles. The van der Waals surface area contributed by atoms with E-state index in [2.05, 4.69) is 4.99 Å². The molecule has 4 rings (SSSR count). The summed E-state index contributed by atoms with van der Waals surface area (Å²) in [4.78, 5) is 15.7. The first-order valence-electron chi connectivity index (χ1n) is 9.26. The van der Waals surface area contributed by atoms with Crippen molar-refractivity contribution in [3.8, 4) is 0 Å². The van der Waals surface area contributed by atoms with Gasteiger partial charge in [-0.2, -0.15) is 0 Å². The van der Waals surface area contributed by atoms with Gasteiger partial charge in [-0.15, -0.1) is 0 Å². The van der Waals surface area contributed by atoms with Crippen molar-refractivity contribution in [1.82, 2.24) is 0 Å². The quantitative estimate of drug-likeness (QED) is 0.666. The third-order valence-corrected chi connectivity index (χ3v) is 5.45. The topological polar surface area (TPSA) is 77.4 Å². The first kappa shape index (κ1) is 21.4. The Bertz CT molecular complexity index is 919. The van der Waals surface area contributed by atoms with E-state index in [4.69, 9.17) is 49.0 Å². The van der Waals surface area contributed by atoms with E-state index in [9.17, 15) is 9.90 Å². The van der Waals surface area contributed by atoms with Crippen LogP contribution in [0.5, 0.6) is 0 Å². The van der Waals surface area contributed by atoms with Gasteiger partial charge in [0.2, 0.25) is 5.90 Å². The average Bonchev–Trinajstić information content (AvgIpc) is 3.21. The summed E-state index contributed by atoms with van der Waals surface area (Å²) in [5, 5.41) is 9.60. The molecule has 1 saturated heterocycles. The van der Waals surface area contributed by atoms with Crippen molar-refractivity contribution in [1.29, 1.82) is 0 Å². The van der Waals surface area contributed by atoms with Gasteiger partial charge in [0.05, 0.1) is 6.61 Å². The van der Waals surface area contributed by atoms with Crippen molar-refractivity contribution in [3.63, 3.8) is 0 Å². The second kappa shape index (κ2) is 8.73. The summed E-state index contributed by atoms with van der Waals surface area (Å²) in [6.45, 7) is 0.0972. The Labute approximate surface area is 188 Å². The number of carbonyl (C=O) groups is 1. The van der Waals surface area contributed by atoms with Crippen molar-refractivity contribution in [2.75, 3.05) is 6.61 Å². The molecule has 2 aromatic rings. The second-order valence-electron chi connectivity index (χ2n) is 6.97. The maximum Gasteiger partial charge on any atom is 0.332 e. The number of alkyl halides is 3. The Morgan fingerprint density at radius 3 is 2.07 bits per heavy atom. The van der Waals surface area contributed by atoms with Crippen molar-refractivity contribution >= 4 is 46.7 Å². The normalized spacial score (nSPS) is 29.2. The maximum atomic E-state index is 11.8. The lowest BCUT2D eigenvalue weighted by Gasteiger charge is -2.39. The minimum absolute atomic E-state index is 0.0972. The second-order valence-corrected chi connectivity index (χ2v) is 9.25. The van der Waals surface area contributed by atoms with Crippen LogP contribution in [-0.4, -0.2) is 45.6 Å². The van der Waals surface area contributed by atoms with Gasteiger partial charge in [0.15, 0.2) is 12.1 Å². The van der Waals surface area contributed by atoms with E-state index < -0.39 is 34.1 Å². The molecule has 1 N–H and O–H groups in total. The fraction of sp³-hybridized carbons (Fsp3) is 0.333. The number of nitrogens with zero attached hydrogens (tertiary/aromatic N) is 1. The molecule has 2 aliphatic rings. The van der Waals surface area contributed by atoms with Crippen molar-refractivity contribution < 1.29 is 24.1 Å². The number of aliphatic imine (C=N–C) groups is 1. The van der Waals surface area contributed by atoms with E-state index >= 15 is 0 Å². The molecule has 30 heavy (non-hydrogen) atoms. The number of halogens is 3. The van der Waals surface area contributed by atoms with Gasteiger partial charge in [0, 0.05) is 0 Å². The van der Waals surface area contributed by atoms with E-state index in [1.807, 2.05) is 60.7 Å². The Hall–Kier alpha value is -1.83. The van der Waals surface area contributed by atoms with E-state index in [1.54, 1.807) is 0 Å². The molecule has 0 aromatic heterocycles. The summed E-state index contributed by atoms with van der Waals surface area (Å²) in [6, 6.07) is 18.0. The van der Waals surface area contributed by atoms with Crippen LogP contribution in [0.4, 0.5) is 0 Å². The van der Waals surface area contributed by atoms with E-state index in [0.717, 1.165) is 11.1 Å². The van der Waals surface area contributed by atoms with E-state index in [1.165, 1.54) is 0 Å². The van der Waals surface area contributed by atoms with Crippen LogP contribution < -0.4 is 0 Å². The van der Waals surface area contributed by atoms with Crippen LogP contribution in [0.15, 0.2) is 65.7 Å². The predicted octanol–water partition coefficient (Wildman–Crippen LogP) is 4.51. The standard InChI is InChI=1S/C21H18Cl3NO5/c22-21(23,24)20-25-15(19(26)27)18(30-20)14-11-28-16(12-7-3-1-4-8-12)17(29-14)13-9-5-2-6-10-13/h1-10,14-18H,11H2,(H,26,27)/t14-,15-,16-,17-,18+/m0/s1. The number of hydrogen-bond acceptors (Lipinski definition) is 5. The number of aliphatic carboxylic acids is 1. The predicted molar refractivity (Wildman–Crippen MR) is 113 cm³/mol. The third-order valence-electron chi connectivity index (χ3n) is 4.97. The van der Waals surface area contributed by atoms with Crippen molar-refractivity contribution in [3.05, 3.63) is 71.8 Å². The minimum atomic E-state index is -1.97.